The highest BCUT2D eigenvalue weighted by molar-refractivity contribution is 6.74. The zero-order valence-electron chi connectivity index (χ0n) is 20.5. The van der Waals surface area contributed by atoms with Gasteiger partial charge in [-0.3, -0.25) is 0 Å². The lowest BCUT2D eigenvalue weighted by Gasteiger charge is -2.36. The summed E-state index contributed by atoms with van der Waals surface area (Å²) in [5, 5.41) is 6.90. The molecule has 6 nitrogen and oxygen atoms in total. The van der Waals surface area contributed by atoms with Crippen molar-refractivity contribution in [3.05, 3.63) is 66.5 Å². The maximum Gasteiger partial charge on any atom is 0.192 e. The van der Waals surface area contributed by atoms with Gasteiger partial charge in [-0.05, 0) is 78.6 Å². The van der Waals surface area contributed by atoms with Crippen LogP contribution in [0.15, 0.2) is 60.9 Å². The summed E-state index contributed by atoms with van der Waals surface area (Å²) in [5.41, 5.74) is 9.79. The van der Waals surface area contributed by atoms with Crippen molar-refractivity contribution in [1.29, 1.82) is 0 Å². The van der Waals surface area contributed by atoms with Crippen molar-refractivity contribution in [2.75, 3.05) is 23.7 Å². The average molecular weight is 464 g/mol. The van der Waals surface area contributed by atoms with Crippen molar-refractivity contribution in [3.8, 4) is 11.1 Å². The van der Waals surface area contributed by atoms with Crippen LogP contribution in [0.1, 0.15) is 32.8 Å². The molecule has 0 aliphatic rings. The predicted octanol–water partition coefficient (Wildman–Crippen LogP) is 6.17. The second-order valence-electron chi connectivity index (χ2n) is 9.81. The normalized spacial score (nSPS) is 11.9. The molecule has 0 amide bonds. The number of anilines is 3. The molecule has 3 aromatic rings. The highest BCUT2D eigenvalue weighted by Crippen LogP contribution is 2.37. The summed E-state index contributed by atoms with van der Waals surface area (Å²) in [5.74, 6) is 1.65. The first-order chi connectivity index (χ1) is 15.7. The van der Waals surface area contributed by atoms with Crippen LogP contribution in [0.25, 0.3) is 11.1 Å². The molecular formula is C26H37N5OSi. The van der Waals surface area contributed by atoms with Crippen molar-refractivity contribution in [2.24, 2.45) is 5.73 Å². The summed E-state index contributed by atoms with van der Waals surface area (Å²) in [6.45, 7) is 13.5. The Morgan fingerprint density at radius 2 is 1.79 bits per heavy atom. The third-order valence-corrected chi connectivity index (χ3v) is 10.6. The summed E-state index contributed by atoms with van der Waals surface area (Å²) < 4.78 is 6.38. The number of hydrogen-bond donors (Lipinski definition) is 3. The van der Waals surface area contributed by atoms with Gasteiger partial charge in [0.05, 0.1) is 6.61 Å². The molecule has 0 aliphatic heterocycles. The molecule has 0 spiro atoms. The van der Waals surface area contributed by atoms with Crippen molar-refractivity contribution in [3.63, 3.8) is 0 Å². The van der Waals surface area contributed by atoms with E-state index in [1.807, 2.05) is 36.7 Å². The molecule has 0 atom stereocenters. The van der Waals surface area contributed by atoms with Gasteiger partial charge in [-0.25, -0.2) is 9.97 Å². The Morgan fingerprint density at radius 1 is 0.970 bits per heavy atom. The van der Waals surface area contributed by atoms with Crippen molar-refractivity contribution < 1.29 is 4.43 Å². The summed E-state index contributed by atoms with van der Waals surface area (Å²) in [4.78, 5) is 9.00. The summed E-state index contributed by atoms with van der Waals surface area (Å²) in [6.07, 6.45) is 4.62. The molecule has 1 aromatic carbocycles. The lowest BCUT2D eigenvalue weighted by atomic mass is 10.1. The quantitative estimate of drug-likeness (QED) is 0.246. The molecule has 2 heterocycles. The van der Waals surface area contributed by atoms with Crippen molar-refractivity contribution in [2.45, 2.75) is 51.9 Å². The van der Waals surface area contributed by atoms with E-state index in [0.29, 0.717) is 13.2 Å². The van der Waals surface area contributed by atoms with Gasteiger partial charge in [0.15, 0.2) is 8.32 Å². The summed E-state index contributed by atoms with van der Waals surface area (Å²) >= 11 is 0. The minimum absolute atomic E-state index is 0.195. The molecule has 7 heteroatoms. The monoisotopic (exact) mass is 463 g/mol. The Balaban J connectivity index is 1.66. The van der Waals surface area contributed by atoms with Crippen LogP contribution in [0.4, 0.5) is 17.3 Å². The van der Waals surface area contributed by atoms with Gasteiger partial charge in [-0.15, -0.1) is 0 Å². The summed E-state index contributed by atoms with van der Waals surface area (Å²) in [7, 11) is -1.79. The fraction of sp³-hybridized carbons (Fsp3) is 0.385. The zero-order valence-corrected chi connectivity index (χ0v) is 21.5. The number of nitrogens with zero attached hydrogens (tertiary/aromatic N) is 2. The first-order valence-corrected chi connectivity index (χ1v) is 14.5. The van der Waals surface area contributed by atoms with Crippen LogP contribution in [0.3, 0.4) is 0 Å². The highest BCUT2D eigenvalue weighted by Gasteiger charge is 2.37. The number of rotatable bonds is 10. The molecule has 3 rings (SSSR count). The SMILES string of the molecule is CC(C)(C)[Si](C)(C)OCc1cccc(Nc2cc(-c3ccc(NCCCN)nc3)ccn2)c1. The first kappa shape index (κ1) is 24.9. The number of hydrogen-bond acceptors (Lipinski definition) is 6. The van der Waals surface area contributed by atoms with Gasteiger partial charge in [0.1, 0.15) is 11.6 Å². The second-order valence-corrected chi connectivity index (χ2v) is 14.6. The van der Waals surface area contributed by atoms with Crippen LogP contribution in [0, 0.1) is 0 Å². The summed E-state index contributed by atoms with van der Waals surface area (Å²) in [6, 6.07) is 16.4. The Bertz CT molecular complexity index is 1030. The van der Waals surface area contributed by atoms with Gasteiger partial charge in [0, 0.05) is 30.2 Å². The molecule has 0 saturated heterocycles. The van der Waals surface area contributed by atoms with Crippen LogP contribution in [-0.4, -0.2) is 31.4 Å². The van der Waals surface area contributed by atoms with E-state index in [9.17, 15) is 0 Å². The predicted molar refractivity (Wildman–Crippen MR) is 141 cm³/mol. The molecule has 2 aromatic heterocycles. The van der Waals surface area contributed by atoms with Gasteiger partial charge in [-0.2, -0.15) is 0 Å². The van der Waals surface area contributed by atoms with Crippen molar-refractivity contribution in [1.82, 2.24) is 9.97 Å². The molecule has 4 N–H and O–H groups in total. The van der Waals surface area contributed by atoms with Gasteiger partial charge < -0.3 is 20.8 Å². The van der Waals surface area contributed by atoms with Gasteiger partial charge >= 0.3 is 0 Å². The van der Waals surface area contributed by atoms with Crippen LogP contribution < -0.4 is 16.4 Å². The van der Waals surface area contributed by atoms with E-state index < -0.39 is 8.32 Å². The topological polar surface area (TPSA) is 85.1 Å². The van der Waals surface area contributed by atoms with E-state index in [1.54, 1.807) is 0 Å². The second kappa shape index (κ2) is 10.9. The number of nitrogens with two attached hydrogens (primary N) is 1. The lowest BCUT2D eigenvalue weighted by Crippen LogP contribution is -2.40. The highest BCUT2D eigenvalue weighted by atomic mass is 28.4. The van der Waals surface area contributed by atoms with Crippen molar-refractivity contribution >= 4 is 25.6 Å². The number of benzene rings is 1. The Labute approximate surface area is 199 Å². The van der Waals surface area contributed by atoms with Gasteiger partial charge in [-0.1, -0.05) is 32.9 Å². The average Bonchev–Trinajstić information content (AvgIpc) is 2.78. The van der Waals surface area contributed by atoms with E-state index in [4.69, 9.17) is 10.2 Å². The maximum atomic E-state index is 6.38. The Hall–Kier alpha value is -2.74. The Kier molecular flexibility index (Phi) is 8.23. The van der Waals surface area contributed by atoms with E-state index in [2.05, 4.69) is 78.7 Å². The maximum absolute atomic E-state index is 6.38. The molecule has 0 saturated carbocycles. The minimum atomic E-state index is -1.79. The van der Waals surface area contributed by atoms with Crippen LogP contribution in [0.5, 0.6) is 0 Å². The number of aromatic nitrogens is 2. The van der Waals surface area contributed by atoms with E-state index in [1.165, 1.54) is 0 Å². The molecule has 0 bridgehead atoms. The smallest absolute Gasteiger partial charge is 0.192 e. The minimum Gasteiger partial charge on any atom is -0.413 e. The van der Waals surface area contributed by atoms with Crippen LogP contribution in [-0.2, 0) is 11.0 Å². The fourth-order valence-corrected chi connectivity index (χ4v) is 3.99. The standard InChI is InChI=1S/C26H37N5OSi/c1-26(2,3)33(4,5)32-19-20-8-6-9-23(16-20)31-25-17-21(12-15-29-25)22-10-11-24(30-18-22)28-14-7-13-27/h6,8-12,15-18H,7,13-14,19,27H2,1-5H3,(H,28,30)(H,29,31). The Morgan fingerprint density at radius 3 is 2.48 bits per heavy atom. The molecule has 0 unspecified atom stereocenters. The lowest BCUT2D eigenvalue weighted by molar-refractivity contribution is 0.276. The van der Waals surface area contributed by atoms with Crippen LogP contribution in [0.2, 0.25) is 18.1 Å². The first-order valence-electron chi connectivity index (χ1n) is 11.5. The molecular weight excluding hydrogens is 426 g/mol. The van der Waals surface area contributed by atoms with Gasteiger partial charge in [0.25, 0.3) is 0 Å². The largest absolute Gasteiger partial charge is 0.413 e. The zero-order chi connectivity index (χ0) is 23.9. The molecule has 176 valence electrons. The van der Waals surface area contributed by atoms with E-state index in [-0.39, 0.29) is 5.04 Å². The third kappa shape index (κ3) is 7.12. The molecule has 0 aliphatic carbocycles. The van der Waals surface area contributed by atoms with Crippen LogP contribution >= 0.6 is 0 Å². The fourth-order valence-electron chi connectivity index (χ4n) is 3.03. The molecule has 33 heavy (non-hydrogen) atoms. The van der Waals surface area contributed by atoms with E-state index in [0.717, 1.165) is 47.0 Å². The number of pyridine rings is 2. The van der Waals surface area contributed by atoms with E-state index >= 15 is 0 Å². The third-order valence-electron chi connectivity index (χ3n) is 6.15. The van der Waals surface area contributed by atoms with Gasteiger partial charge in [0.2, 0.25) is 0 Å². The molecule has 0 radical (unpaired) electrons. The number of nitrogens with one attached hydrogen (secondary N) is 2. The molecule has 0 fully saturated rings.